The predicted molar refractivity (Wildman–Crippen MR) is 104 cm³/mol. The minimum absolute atomic E-state index is 0.191. The van der Waals surface area contributed by atoms with Gasteiger partial charge in [-0.3, -0.25) is 4.98 Å². The molecule has 0 unspecified atom stereocenters. The van der Waals surface area contributed by atoms with E-state index in [4.69, 9.17) is 11.6 Å². The molecule has 0 radical (unpaired) electrons. The second-order valence-corrected chi connectivity index (χ2v) is 8.80. The summed E-state index contributed by atoms with van der Waals surface area (Å²) >= 11 is 6.03. The zero-order valence-corrected chi connectivity index (χ0v) is 16.2. The highest BCUT2D eigenvalue weighted by atomic mass is 35.5. The van der Waals surface area contributed by atoms with Crippen LogP contribution >= 0.6 is 11.6 Å². The van der Waals surface area contributed by atoms with Gasteiger partial charge >= 0.3 is 0 Å². The molecule has 0 amide bonds. The van der Waals surface area contributed by atoms with Crippen LogP contribution in [-0.4, -0.2) is 43.9 Å². The molecule has 5 nitrogen and oxygen atoms in total. The fourth-order valence-corrected chi connectivity index (χ4v) is 5.01. The SMILES string of the molecule is O=S(=O)(c1ccc(F)cc1F)N1CCN(c2ccnc3cc(Cl)ccc23)CC1. The Kier molecular flexibility index (Phi) is 4.95. The summed E-state index contributed by atoms with van der Waals surface area (Å²) in [6.45, 7) is 1.25. The van der Waals surface area contributed by atoms with Crippen LogP contribution in [0.4, 0.5) is 14.5 Å². The van der Waals surface area contributed by atoms with Gasteiger partial charge in [0.05, 0.1) is 5.52 Å². The maximum atomic E-state index is 14.0. The van der Waals surface area contributed by atoms with Crippen molar-refractivity contribution in [2.45, 2.75) is 4.90 Å². The molecular weight excluding hydrogens is 408 g/mol. The van der Waals surface area contributed by atoms with Crippen molar-refractivity contribution in [1.82, 2.24) is 9.29 Å². The molecule has 9 heteroatoms. The number of halogens is 3. The second-order valence-electron chi connectivity index (χ2n) is 6.46. The topological polar surface area (TPSA) is 53.5 Å². The number of hydrogen-bond donors (Lipinski definition) is 0. The molecular formula is C19H16ClF2N3O2S. The third-order valence-corrected chi connectivity index (χ3v) is 6.94. The van der Waals surface area contributed by atoms with Crippen molar-refractivity contribution in [3.05, 3.63) is 65.3 Å². The summed E-state index contributed by atoms with van der Waals surface area (Å²) in [5.74, 6) is -1.90. The molecule has 28 heavy (non-hydrogen) atoms. The highest BCUT2D eigenvalue weighted by Gasteiger charge is 2.31. The fourth-order valence-electron chi connectivity index (χ4n) is 3.37. The van der Waals surface area contributed by atoms with Crippen molar-refractivity contribution >= 4 is 38.2 Å². The van der Waals surface area contributed by atoms with Crippen molar-refractivity contribution in [2.24, 2.45) is 0 Å². The average Bonchev–Trinajstić information content (AvgIpc) is 2.67. The molecule has 1 fully saturated rings. The van der Waals surface area contributed by atoms with Crippen LogP contribution in [0.1, 0.15) is 0 Å². The lowest BCUT2D eigenvalue weighted by Gasteiger charge is -2.35. The predicted octanol–water partition coefficient (Wildman–Crippen LogP) is 3.68. The number of hydrogen-bond acceptors (Lipinski definition) is 4. The number of anilines is 1. The van der Waals surface area contributed by atoms with Gasteiger partial charge < -0.3 is 4.90 Å². The van der Waals surface area contributed by atoms with E-state index in [9.17, 15) is 17.2 Å². The zero-order valence-electron chi connectivity index (χ0n) is 14.6. The summed E-state index contributed by atoms with van der Waals surface area (Å²) < 4.78 is 53.8. The maximum absolute atomic E-state index is 14.0. The summed E-state index contributed by atoms with van der Waals surface area (Å²) in [7, 11) is -4.03. The van der Waals surface area contributed by atoms with Crippen molar-refractivity contribution < 1.29 is 17.2 Å². The van der Waals surface area contributed by atoms with Gasteiger partial charge in [0.1, 0.15) is 16.5 Å². The van der Waals surface area contributed by atoms with Crippen LogP contribution in [0, 0.1) is 11.6 Å². The van der Waals surface area contributed by atoms with Crippen LogP contribution < -0.4 is 4.90 Å². The molecule has 1 aromatic heterocycles. The third kappa shape index (κ3) is 3.43. The van der Waals surface area contributed by atoms with E-state index in [1.165, 1.54) is 4.31 Å². The zero-order chi connectivity index (χ0) is 19.9. The van der Waals surface area contributed by atoms with Crippen molar-refractivity contribution in [1.29, 1.82) is 0 Å². The lowest BCUT2D eigenvalue weighted by Crippen LogP contribution is -2.48. The molecule has 1 aliphatic rings. The summed E-state index contributed by atoms with van der Waals surface area (Å²) in [6.07, 6.45) is 1.69. The molecule has 0 aliphatic carbocycles. The first-order valence-electron chi connectivity index (χ1n) is 8.61. The lowest BCUT2D eigenvalue weighted by atomic mass is 10.1. The summed E-state index contributed by atoms with van der Waals surface area (Å²) in [6, 6.07) is 9.81. The number of benzene rings is 2. The third-order valence-electron chi connectivity index (χ3n) is 4.77. The summed E-state index contributed by atoms with van der Waals surface area (Å²) in [5, 5.41) is 1.52. The molecule has 4 rings (SSSR count). The molecule has 2 aromatic carbocycles. The van der Waals surface area contributed by atoms with Gasteiger partial charge in [0.15, 0.2) is 0 Å². The first kappa shape index (κ1) is 19.0. The van der Waals surface area contributed by atoms with Gasteiger partial charge in [0.25, 0.3) is 0 Å². The van der Waals surface area contributed by atoms with Crippen LogP contribution in [0.25, 0.3) is 10.9 Å². The Hall–Kier alpha value is -2.29. The largest absolute Gasteiger partial charge is 0.368 e. The first-order chi connectivity index (χ1) is 13.4. The smallest absolute Gasteiger partial charge is 0.246 e. The summed E-state index contributed by atoms with van der Waals surface area (Å²) in [5.41, 5.74) is 1.69. The standard InChI is InChI=1S/C19H16ClF2N3O2S/c20-13-1-3-15-17(11-13)23-6-5-18(15)24-7-9-25(10-8-24)28(26,27)19-4-2-14(21)12-16(19)22/h1-6,11-12H,7-10H2. The number of nitrogens with zero attached hydrogens (tertiary/aromatic N) is 3. The van der Waals surface area contributed by atoms with Crippen molar-refractivity contribution in [3.63, 3.8) is 0 Å². The maximum Gasteiger partial charge on any atom is 0.246 e. The minimum Gasteiger partial charge on any atom is -0.368 e. The normalized spacial score (nSPS) is 15.9. The van der Waals surface area contributed by atoms with Crippen LogP contribution in [0.2, 0.25) is 5.02 Å². The van der Waals surface area contributed by atoms with E-state index >= 15 is 0 Å². The molecule has 0 N–H and O–H groups in total. The Bertz CT molecular complexity index is 1150. The van der Waals surface area contributed by atoms with E-state index in [0.717, 1.165) is 28.7 Å². The lowest BCUT2D eigenvalue weighted by molar-refractivity contribution is 0.382. The number of sulfonamides is 1. The molecule has 3 aromatic rings. The molecule has 2 heterocycles. The Morgan fingerprint density at radius 3 is 2.43 bits per heavy atom. The van der Waals surface area contributed by atoms with Gasteiger partial charge in [-0.2, -0.15) is 4.31 Å². The van der Waals surface area contributed by atoms with Gasteiger partial charge in [-0.05, 0) is 36.4 Å². The van der Waals surface area contributed by atoms with E-state index in [1.54, 1.807) is 18.3 Å². The monoisotopic (exact) mass is 423 g/mol. The van der Waals surface area contributed by atoms with E-state index in [2.05, 4.69) is 9.88 Å². The number of piperazine rings is 1. The molecule has 0 saturated carbocycles. The number of aromatic nitrogens is 1. The molecule has 1 aliphatic heterocycles. The van der Waals surface area contributed by atoms with Gasteiger partial charge in [-0.15, -0.1) is 0 Å². The van der Waals surface area contributed by atoms with E-state index < -0.39 is 26.6 Å². The van der Waals surface area contributed by atoms with Crippen LogP contribution in [0.5, 0.6) is 0 Å². The second kappa shape index (κ2) is 7.27. The average molecular weight is 424 g/mol. The molecule has 0 spiro atoms. The van der Waals surface area contributed by atoms with Crippen LogP contribution in [-0.2, 0) is 10.0 Å². The molecule has 1 saturated heterocycles. The van der Waals surface area contributed by atoms with Crippen molar-refractivity contribution in [3.8, 4) is 0 Å². The Labute approximate surface area is 166 Å². The van der Waals surface area contributed by atoms with Gasteiger partial charge in [-0.1, -0.05) is 11.6 Å². The van der Waals surface area contributed by atoms with Crippen LogP contribution in [0.15, 0.2) is 53.6 Å². The first-order valence-corrected chi connectivity index (χ1v) is 10.4. The number of pyridine rings is 1. The minimum atomic E-state index is -4.03. The Balaban J connectivity index is 1.57. The summed E-state index contributed by atoms with van der Waals surface area (Å²) in [4.78, 5) is 5.87. The van der Waals surface area contributed by atoms with Crippen LogP contribution in [0.3, 0.4) is 0 Å². The fraction of sp³-hybridized carbons (Fsp3) is 0.211. The van der Waals surface area contributed by atoms with Gasteiger partial charge in [0, 0.05) is 54.5 Å². The van der Waals surface area contributed by atoms with E-state index in [-0.39, 0.29) is 13.1 Å². The molecule has 146 valence electrons. The highest BCUT2D eigenvalue weighted by Crippen LogP contribution is 2.29. The number of rotatable bonds is 3. The van der Waals surface area contributed by atoms with Gasteiger partial charge in [0.2, 0.25) is 10.0 Å². The Morgan fingerprint density at radius 1 is 0.964 bits per heavy atom. The highest BCUT2D eigenvalue weighted by molar-refractivity contribution is 7.89. The molecule has 0 bridgehead atoms. The number of fused-ring (bicyclic) bond motifs is 1. The van der Waals surface area contributed by atoms with Crippen molar-refractivity contribution in [2.75, 3.05) is 31.1 Å². The molecule has 0 atom stereocenters. The quantitative estimate of drug-likeness (QED) is 0.645. The van der Waals surface area contributed by atoms with Gasteiger partial charge in [-0.25, -0.2) is 17.2 Å². The Morgan fingerprint density at radius 2 is 1.71 bits per heavy atom. The van der Waals surface area contributed by atoms with E-state index in [0.29, 0.717) is 24.2 Å². The van der Waals surface area contributed by atoms with E-state index in [1.807, 2.05) is 12.1 Å².